The van der Waals surface area contributed by atoms with Gasteiger partial charge in [0.1, 0.15) is 5.70 Å². The molecule has 0 saturated heterocycles. The van der Waals surface area contributed by atoms with Crippen LogP contribution >= 0.6 is 34.7 Å². The molecular weight excluding hydrogens is 620 g/mol. The number of nitrogens with one attached hydrogen (secondary N) is 3. The van der Waals surface area contributed by atoms with Gasteiger partial charge in [0.2, 0.25) is 5.91 Å². The number of hydrogen-bond donors (Lipinski definition) is 3. The van der Waals surface area contributed by atoms with Gasteiger partial charge in [-0.25, -0.2) is 4.98 Å². The highest BCUT2D eigenvalue weighted by Gasteiger charge is 2.19. The highest BCUT2D eigenvalue weighted by atomic mass is 35.5. The Morgan fingerprint density at radius 1 is 1.00 bits per heavy atom. The lowest BCUT2D eigenvalue weighted by Crippen LogP contribution is -2.30. The van der Waals surface area contributed by atoms with Crippen LogP contribution in [0.4, 0.5) is 10.8 Å². The molecule has 1 unspecified atom stereocenters. The maximum atomic E-state index is 13.4. The van der Waals surface area contributed by atoms with Gasteiger partial charge in [-0.05, 0) is 68.0 Å². The number of carbonyl (C=O) groups excluding carboxylic acids is 4. The molecule has 3 amide bonds. The van der Waals surface area contributed by atoms with Gasteiger partial charge in [0.05, 0.1) is 24.0 Å². The molecule has 4 aromatic rings. The lowest BCUT2D eigenvalue weighted by atomic mass is 10.1. The molecule has 0 aliphatic rings. The molecule has 0 radical (unpaired) electrons. The minimum Gasteiger partial charge on any atom is -0.466 e. The van der Waals surface area contributed by atoms with Crippen LogP contribution in [-0.4, -0.2) is 40.5 Å². The molecule has 12 heteroatoms. The standard InChI is InChI=1S/C32H29ClN4O5S2/c1-3-42-28(38)18-25-19-43-32(35-25)37-29(39)20(2)44-26-11-7-10-24(17-26)34-31(41)27(16-21-12-14-23(33)15-13-21)36-30(40)22-8-5-4-6-9-22/h4-17,19-20H,3,18H2,1-2H3,(H,34,41)(H,36,40)(H,35,37,39)/b27-16-. The van der Waals surface area contributed by atoms with Crippen LogP contribution in [-0.2, 0) is 25.5 Å². The molecule has 1 heterocycles. The first kappa shape index (κ1) is 32.5. The molecule has 9 nitrogen and oxygen atoms in total. The second kappa shape index (κ2) is 15.9. The summed E-state index contributed by atoms with van der Waals surface area (Å²) in [6.45, 7) is 3.78. The molecule has 0 saturated carbocycles. The normalized spacial score (nSPS) is 11.8. The van der Waals surface area contributed by atoms with Gasteiger partial charge in [0, 0.05) is 26.5 Å². The fourth-order valence-electron chi connectivity index (χ4n) is 3.78. The molecular formula is C32H29ClN4O5S2. The minimum atomic E-state index is -0.528. The van der Waals surface area contributed by atoms with E-state index in [9.17, 15) is 19.2 Å². The van der Waals surface area contributed by atoms with E-state index in [1.807, 2.05) is 6.07 Å². The summed E-state index contributed by atoms with van der Waals surface area (Å²) in [5, 5.41) is 10.5. The first-order valence-corrected chi connectivity index (χ1v) is 15.7. The summed E-state index contributed by atoms with van der Waals surface area (Å²) < 4.78 is 4.94. The summed E-state index contributed by atoms with van der Waals surface area (Å²) in [5.41, 5.74) is 2.12. The number of ether oxygens (including phenoxy) is 1. The largest absolute Gasteiger partial charge is 0.466 e. The highest BCUT2D eigenvalue weighted by Crippen LogP contribution is 2.27. The number of benzene rings is 3. The van der Waals surface area contributed by atoms with Gasteiger partial charge in [-0.1, -0.05) is 48.0 Å². The van der Waals surface area contributed by atoms with Crippen molar-refractivity contribution in [2.45, 2.75) is 30.4 Å². The van der Waals surface area contributed by atoms with Crippen LogP contribution in [0, 0.1) is 0 Å². The molecule has 0 fully saturated rings. The Morgan fingerprint density at radius 3 is 2.48 bits per heavy atom. The number of nitrogens with zero attached hydrogens (tertiary/aromatic N) is 1. The van der Waals surface area contributed by atoms with Crippen LogP contribution in [0.15, 0.2) is 94.8 Å². The fraction of sp³-hybridized carbons (Fsp3) is 0.156. The number of hydrogen-bond acceptors (Lipinski definition) is 8. The Labute approximate surface area is 268 Å². The minimum absolute atomic E-state index is 0.0373. The van der Waals surface area contributed by atoms with Gasteiger partial charge < -0.3 is 20.7 Å². The maximum Gasteiger partial charge on any atom is 0.311 e. The summed E-state index contributed by atoms with van der Waals surface area (Å²) in [7, 11) is 0. The van der Waals surface area contributed by atoms with E-state index in [0.717, 1.165) is 4.90 Å². The Balaban J connectivity index is 1.41. The summed E-state index contributed by atoms with van der Waals surface area (Å²) in [6.07, 6.45) is 1.60. The van der Waals surface area contributed by atoms with Crippen LogP contribution in [0.25, 0.3) is 6.08 Å². The van der Waals surface area contributed by atoms with E-state index in [4.69, 9.17) is 16.3 Å². The molecule has 0 bridgehead atoms. The number of amides is 3. The van der Waals surface area contributed by atoms with E-state index >= 15 is 0 Å². The van der Waals surface area contributed by atoms with Crippen LogP contribution in [0.3, 0.4) is 0 Å². The van der Waals surface area contributed by atoms with E-state index in [0.29, 0.717) is 32.7 Å². The molecule has 4 rings (SSSR count). The van der Waals surface area contributed by atoms with Crippen LogP contribution in [0.2, 0.25) is 5.02 Å². The second-order valence-electron chi connectivity index (χ2n) is 9.29. The Hall–Kier alpha value is -4.45. The summed E-state index contributed by atoms with van der Waals surface area (Å²) >= 11 is 8.53. The molecule has 1 atom stereocenters. The Bertz CT molecular complexity index is 1660. The van der Waals surface area contributed by atoms with E-state index in [1.54, 1.807) is 98.1 Å². The molecule has 0 aliphatic carbocycles. The molecule has 0 aliphatic heterocycles. The molecule has 1 aromatic heterocycles. The van der Waals surface area contributed by atoms with Crippen molar-refractivity contribution in [1.29, 1.82) is 0 Å². The van der Waals surface area contributed by atoms with Crippen molar-refractivity contribution < 1.29 is 23.9 Å². The number of thiazole rings is 1. The monoisotopic (exact) mass is 648 g/mol. The third kappa shape index (κ3) is 9.80. The van der Waals surface area contributed by atoms with Crippen LogP contribution in [0.1, 0.15) is 35.5 Å². The third-order valence-electron chi connectivity index (χ3n) is 5.90. The first-order chi connectivity index (χ1) is 21.2. The number of rotatable bonds is 12. The zero-order valence-electron chi connectivity index (χ0n) is 23.8. The quantitative estimate of drug-likeness (QED) is 0.0918. The Kier molecular flexibility index (Phi) is 11.7. The Morgan fingerprint density at radius 2 is 1.75 bits per heavy atom. The van der Waals surface area contributed by atoms with Crippen molar-refractivity contribution in [3.8, 4) is 0 Å². The van der Waals surface area contributed by atoms with Crippen LogP contribution < -0.4 is 16.0 Å². The smallest absolute Gasteiger partial charge is 0.311 e. The summed E-state index contributed by atoms with van der Waals surface area (Å²) in [5.74, 6) is -1.60. The third-order valence-corrected chi connectivity index (χ3v) is 8.05. The number of thioether (sulfide) groups is 1. The van der Waals surface area contributed by atoms with Gasteiger partial charge in [0.15, 0.2) is 5.13 Å². The van der Waals surface area contributed by atoms with Crippen molar-refractivity contribution in [3.05, 3.63) is 112 Å². The highest BCUT2D eigenvalue weighted by molar-refractivity contribution is 8.00. The molecule has 226 valence electrons. The van der Waals surface area contributed by atoms with Crippen molar-refractivity contribution in [1.82, 2.24) is 10.3 Å². The maximum absolute atomic E-state index is 13.4. The van der Waals surface area contributed by atoms with Crippen LogP contribution in [0.5, 0.6) is 0 Å². The first-order valence-electron chi connectivity index (χ1n) is 13.5. The van der Waals surface area contributed by atoms with Crippen molar-refractivity contribution in [2.75, 3.05) is 17.2 Å². The number of esters is 1. The number of anilines is 2. The zero-order chi connectivity index (χ0) is 31.5. The average Bonchev–Trinajstić information content (AvgIpc) is 3.44. The molecule has 3 aromatic carbocycles. The van der Waals surface area contributed by atoms with Gasteiger partial charge in [0.25, 0.3) is 11.8 Å². The fourth-order valence-corrected chi connectivity index (χ4v) is 5.55. The lowest BCUT2D eigenvalue weighted by molar-refractivity contribution is -0.142. The molecule has 0 spiro atoms. The SMILES string of the molecule is CCOC(=O)Cc1csc(NC(=O)C(C)Sc2cccc(NC(=O)/C(=C/c3ccc(Cl)cc3)NC(=O)c3ccccc3)c2)n1. The molecule has 44 heavy (non-hydrogen) atoms. The second-order valence-corrected chi connectivity index (χ2v) is 12.0. The predicted molar refractivity (Wildman–Crippen MR) is 175 cm³/mol. The summed E-state index contributed by atoms with van der Waals surface area (Å²) in [4.78, 5) is 55.8. The van der Waals surface area contributed by atoms with Gasteiger partial charge in [-0.2, -0.15) is 0 Å². The average molecular weight is 649 g/mol. The van der Waals surface area contributed by atoms with Gasteiger partial charge in [-0.15, -0.1) is 23.1 Å². The summed E-state index contributed by atoms with van der Waals surface area (Å²) in [6, 6.07) is 22.5. The van der Waals surface area contributed by atoms with Crippen molar-refractivity contribution in [3.63, 3.8) is 0 Å². The topological polar surface area (TPSA) is 126 Å². The van der Waals surface area contributed by atoms with Crippen molar-refractivity contribution >= 4 is 75.3 Å². The van der Waals surface area contributed by atoms with E-state index in [1.165, 1.54) is 23.1 Å². The number of aromatic nitrogens is 1. The van der Waals surface area contributed by atoms with E-state index in [2.05, 4.69) is 20.9 Å². The lowest BCUT2D eigenvalue weighted by Gasteiger charge is -2.13. The number of carbonyl (C=O) groups is 4. The van der Waals surface area contributed by atoms with E-state index in [-0.39, 0.29) is 30.6 Å². The number of halogens is 1. The van der Waals surface area contributed by atoms with Gasteiger partial charge >= 0.3 is 5.97 Å². The van der Waals surface area contributed by atoms with Crippen molar-refractivity contribution in [2.24, 2.45) is 0 Å². The predicted octanol–water partition coefficient (Wildman–Crippen LogP) is 6.43. The zero-order valence-corrected chi connectivity index (χ0v) is 26.2. The molecule has 3 N–H and O–H groups in total. The van der Waals surface area contributed by atoms with Gasteiger partial charge in [-0.3, -0.25) is 19.2 Å². The van der Waals surface area contributed by atoms with E-state index < -0.39 is 17.1 Å².